The summed E-state index contributed by atoms with van der Waals surface area (Å²) in [5.74, 6) is 0.141. The molecule has 1 amide bonds. The molecule has 0 aliphatic carbocycles. The van der Waals surface area contributed by atoms with E-state index in [-0.39, 0.29) is 11.2 Å². The average Bonchev–Trinajstić information content (AvgIpc) is 2.27. The minimum absolute atomic E-state index is 0.0619. The zero-order valence-corrected chi connectivity index (χ0v) is 11.5. The molecule has 1 aromatic rings. The van der Waals surface area contributed by atoms with Gasteiger partial charge in [0, 0.05) is 10.2 Å². The van der Waals surface area contributed by atoms with Crippen LogP contribution in [0.4, 0.5) is 5.69 Å². The van der Waals surface area contributed by atoms with Crippen molar-refractivity contribution >= 4 is 39.3 Å². The molecule has 2 rings (SSSR count). The lowest BCUT2D eigenvalue weighted by Gasteiger charge is -2.24. The number of nitrogens with one attached hydrogen (secondary N) is 1. The fourth-order valence-electron chi connectivity index (χ4n) is 1.70. The first-order valence-electron chi connectivity index (χ1n) is 5.35. The van der Waals surface area contributed by atoms with Gasteiger partial charge in [0.25, 0.3) is 0 Å². The maximum Gasteiger partial charge on any atom is 0.237 e. The van der Waals surface area contributed by atoms with Gasteiger partial charge in [-0.25, -0.2) is 0 Å². The average molecular weight is 300 g/mol. The molecule has 1 heterocycles. The fraction of sp³-hybridized carbons (Fsp3) is 0.417. The molecule has 1 N–H and O–H groups in total. The first-order chi connectivity index (χ1) is 7.70. The number of alkyl halides is 1. The van der Waals surface area contributed by atoms with Crippen LogP contribution in [-0.4, -0.2) is 16.5 Å². The number of anilines is 1. The molecule has 1 aromatic carbocycles. The van der Waals surface area contributed by atoms with Crippen molar-refractivity contribution in [1.82, 2.24) is 0 Å². The number of rotatable bonds is 3. The zero-order chi connectivity index (χ0) is 11.5. The number of benzene rings is 1. The number of halogens is 1. The lowest BCUT2D eigenvalue weighted by Crippen LogP contribution is -2.29. The summed E-state index contributed by atoms with van der Waals surface area (Å²) in [4.78, 5) is 13.0. The van der Waals surface area contributed by atoms with Crippen molar-refractivity contribution in [1.29, 1.82) is 0 Å². The molecule has 0 saturated carbocycles. The molecule has 1 aliphatic rings. The van der Waals surface area contributed by atoms with E-state index in [0.717, 1.165) is 23.9 Å². The Morgan fingerprint density at radius 2 is 2.31 bits per heavy atom. The predicted octanol–water partition coefficient (Wildman–Crippen LogP) is 3.58. The molecule has 1 aliphatic heterocycles. The molecule has 4 heteroatoms. The summed E-state index contributed by atoms with van der Waals surface area (Å²) in [6, 6.07) is 6.15. The van der Waals surface area contributed by atoms with E-state index in [9.17, 15) is 4.79 Å². The molecule has 0 saturated heterocycles. The Labute approximate surface area is 108 Å². The predicted molar refractivity (Wildman–Crippen MR) is 72.5 cm³/mol. The van der Waals surface area contributed by atoms with Crippen molar-refractivity contribution in [2.75, 3.05) is 10.6 Å². The van der Waals surface area contributed by atoms with E-state index in [1.807, 2.05) is 12.1 Å². The standard InChI is InChI=1S/C12H14BrNOS/c1-8-4-5-9-11(7-8)16-10(3-2-6-13)12(15)14-9/h4-5,7,10H,2-3,6H2,1H3,(H,14,15). The third-order valence-electron chi connectivity index (χ3n) is 2.56. The number of hydrogen-bond donors (Lipinski definition) is 1. The molecule has 0 spiro atoms. The van der Waals surface area contributed by atoms with Crippen LogP contribution in [0.15, 0.2) is 23.1 Å². The molecule has 0 radical (unpaired) electrons. The Bertz CT molecular complexity index is 408. The molecule has 86 valence electrons. The summed E-state index contributed by atoms with van der Waals surface area (Å²) in [7, 11) is 0. The molecule has 0 fully saturated rings. The normalized spacial score (nSPS) is 19.1. The van der Waals surface area contributed by atoms with Gasteiger partial charge in [0.05, 0.1) is 10.9 Å². The SMILES string of the molecule is Cc1ccc2c(c1)SC(CCCBr)C(=O)N2. The highest BCUT2D eigenvalue weighted by Crippen LogP contribution is 2.37. The summed E-state index contributed by atoms with van der Waals surface area (Å²) in [5, 5.41) is 3.99. The highest BCUT2D eigenvalue weighted by molar-refractivity contribution is 9.09. The highest BCUT2D eigenvalue weighted by Gasteiger charge is 2.26. The van der Waals surface area contributed by atoms with E-state index < -0.39 is 0 Å². The maximum atomic E-state index is 11.8. The number of amides is 1. The van der Waals surface area contributed by atoms with Crippen molar-refractivity contribution in [3.8, 4) is 0 Å². The largest absolute Gasteiger partial charge is 0.324 e. The van der Waals surface area contributed by atoms with Crippen LogP contribution in [0, 0.1) is 6.92 Å². The number of carbonyl (C=O) groups is 1. The molecular formula is C12H14BrNOS. The van der Waals surface area contributed by atoms with Crippen LogP contribution < -0.4 is 5.32 Å². The van der Waals surface area contributed by atoms with Gasteiger partial charge in [-0.2, -0.15) is 0 Å². The van der Waals surface area contributed by atoms with E-state index >= 15 is 0 Å². The molecule has 1 unspecified atom stereocenters. The number of aryl methyl sites for hydroxylation is 1. The van der Waals surface area contributed by atoms with E-state index in [1.54, 1.807) is 11.8 Å². The second-order valence-electron chi connectivity index (χ2n) is 3.93. The fourth-order valence-corrected chi connectivity index (χ4v) is 3.28. The lowest BCUT2D eigenvalue weighted by atomic mass is 10.2. The van der Waals surface area contributed by atoms with Crippen molar-refractivity contribution in [2.45, 2.75) is 29.9 Å². The van der Waals surface area contributed by atoms with E-state index in [1.165, 1.54) is 10.5 Å². The topological polar surface area (TPSA) is 29.1 Å². The Morgan fingerprint density at radius 1 is 1.50 bits per heavy atom. The highest BCUT2D eigenvalue weighted by atomic mass is 79.9. The third kappa shape index (κ3) is 2.61. The lowest BCUT2D eigenvalue weighted by molar-refractivity contribution is -0.115. The van der Waals surface area contributed by atoms with E-state index in [2.05, 4.69) is 34.2 Å². The monoisotopic (exact) mass is 299 g/mol. The molecule has 1 atom stereocenters. The molecule has 0 aromatic heterocycles. The van der Waals surface area contributed by atoms with Gasteiger partial charge in [-0.1, -0.05) is 22.0 Å². The minimum Gasteiger partial charge on any atom is -0.324 e. The van der Waals surface area contributed by atoms with Crippen LogP contribution in [0.3, 0.4) is 0 Å². The molecule has 0 bridgehead atoms. The maximum absolute atomic E-state index is 11.8. The number of hydrogen-bond acceptors (Lipinski definition) is 2. The Morgan fingerprint density at radius 3 is 3.06 bits per heavy atom. The van der Waals surface area contributed by atoms with Gasteiger partial charge >= 0.3 is 0 Å². The zero-order valence-electron chi connectivity index (χ0n) is 9.13. The summed E-state index contributed by atoms with van der Waals surface area (Å²) >= 11 is 5.08. The number of fused-ring (bicyclic) bond motifs is 1. The van der Waals surface area contributed by atoms with Crippen molar-refractivity contribution in [3.63, 3.8) is 0 Å². The van der Waals surface area contributed by atoms with Gasteiger partial charge in [-0.3, -0.25) is 4.79 Å². The van der Waals surface area contributed by atoms with Gasteiger partial charge in [-0.05, 0) is 37.5 Å². The van der Waals surface area contributed by atoms with E-state index in [0.29, 0.717) is 0 Å². The molecular weight excluding hydrogens is 286 g/mol. The second kappa shape index (κ2) is 5.23. The van der Waals surface area contributed by atoms with Crippen LogP contribution in [0.25, 0.3) is 0 Å². The van der Waals surface area contributed by atoms with Crippen molar-refractivity contribution < 1.29 is 4.79 Å². The van der Waals surface area contributed by atoms with Crippen LogP contribution >= 0.6 is 27.7 Å². The van der Waals surface area contributed by atoms with Crippen LogP contribution in [0.5, 0.6) is 0 Å². The van der Waals surface area contributed by atoms with Crippen molar-refractivity contribution in [2.24, 2.45) is 0 Å². The van der Waals surface area contributed by atoms with Crippen molar-refractivity contribution in [3.05, 3.63) is 23.8 Å². The van der Waals surface area contributed by atoms with E-state index in [4.69, 9.17) is 0 Å². The number of thioether (sulfide) groups is 1. The van der Waals surface area contributed by atoms with Gasteiger partial charge < -0.3 is 5.32 Å². The summed E-state index contributed by atoms with van der Waals surface area (Å²) < 4.78 is 0. The third-order valence-corrected chi connectivity index (χ3v) is 4.44. The van der Waals surface area contributed by atoms with Gasteiger partial charge in [0.2, 0.25) is 5.91 Å². The summed E-state index contributed by atoms with van der Waals surface area (Å²) in [5.41, 5.74) is 2.19. The Balaban J connectivity index is 2.16. The Hall–Kier alpha value is -0.480. The second-order valence-corrected chi connectivity index (χ2v) is 5.96. The molecule has 16 heavy (non-hydrogen) atoms. The van der Waals surface area contributed by atoms with Gasteiger partial charge in [-0.15, -0.1) is 11.8 Å². The van der Waals surface area contributed by atoms with Crippen LogP contribution in [0.2, 0.25) is 0 Å². The van der Waals surface area contributed by atoms with Crippen LogP contribution in [0.1, 0.15) is 18.4 Å². The minimum atomic E-state index is 0.0619. The molecule has 2 nitrogen and oxygen atoms in total. The first-order valence-corrected chi connectivity index (χ1v) is 7.35. The summed E-state index contributed by atoms with van der Waals surface area (Å²) in [6.07, 6.45) is 1.96. The first kappa shape index (κ1) is 12.0. The van der Waals surface area contributed by atoms with Gasteiger partial charge in [0.15, 0.2) is 0 Å². The van der Waals surface area contributed by atoms with Gasteiger partial charge in [0.1, 0.15) is 0 Å². The Kier molecular flexibility index (Phi) is 3.92. The van der Waals surface area contributed by atoms with Crippen LogP contribution in [-0.2, 0) is 4.79 Å². The quantitative estimate of drug-likeness (QED) is 0.864. The number of carbonyl (C=O) groups excluding carboxylic acids is 1. The smallest absolute Gasteiger partial charge is 0.237 e. The summed E-state index contributed by atoms with van der Waals surface area (Å²) in [6.45, 7) is 2.07.